The smallest absolute Gasteiger partial charge is 0.142 e. The molecule has 0 heterocycles. The first-order chi connectivity index (χ1) is 8.58. The molecule has 4 heteroatoms. The van der Waals surface area contributed by atoms with Crippen molar-refractivity contribution in [2.24, 2.45) is 0 Å². The van der Waals surface area contributed by atoms with Crippen LogP contribution in [-0.2, 0) is 11.2 Å². The largest absolute Gasteiger partial charge is 0.390 e. The molecule has 0 radical (unpaired) electrons. The van der Waals surface area contributed by atoms with Crippen molar-refractivity contribution in [1.29, 1.82) is 0 Å². The molecular formula is C14H20ClFO2. The Bertz CT molecular complexity index is 365. The lowest BCUT2D eigenvalue weighted by atomic mass is 10.0. The topological polar surface area (TPSA) is 29.5 Å². The second kappa shape index (κ2) is 7.72. The van der Waals surface area contributed by atoms with Crippen LogP contribution >= 0.6 is 11.6 Å². The van der Waals surface area contributed by atoms with Gasteiger partial charge in [0.05, 0.1) is 17.2 Å². The van der Waals surface area contributed by atoms with Gasteiger partial charge in [-0.25, -0.2) is 4.39 Å². The first-order valence-corrected chi connectivity index (χ1v) is 6.69. The lowest BCUT2D eigenvalue weighted by Crippen LogP contribution is -2.31. The number of benzene rings is 1. The Morgan fingerprint density at radius 1 is 1.39 bits per heavy atom. The average Bonchev–Trinajstić information content (AvgIpc) is 2.33. The van der Waals surface area contributed by atoms with Crippen LogP contribution in [0.3, 0.4) is 0 Å². The Morgan fingerprint density at radius 2 is 2.11 bits per heavy atom. The zero-order chi connectivity index (χ0) is 13.5. The van der Waals surface area contributed by atoms with E-state index < -0.39 is 11.9 Å². The van der Waals surface area contributed by atoms with Crippen molar-refractivity contribution in [3.8, 4) is 0 Å². The van der Waals surface area contributed by atoms with Crippen LogP contribution in [0.2, 0.25) is 5.02 Å². The van der Waals surface area contributed by atoms with Gasteiger partial charge in [0.15, 0.2) is 0 Å². The van der Waals surface area contributed by atoms with Gasteiger partial charge in [-0.3, -0.25) is 0 Å². The molecule has 0 amide bonds. The fourth-order valence-electron chi connectivity index (χ4n) is 1.92. The van der Waals surface area contributed by atoms with Gasteiger partial charge >= 0.3 is 0 Å². The highest BCUT2D eigenvalue weighted by Gasteiger charge is 2.19. The molecule has 0 saturated carbocycles. The van der Waals surface area contributed by atoms with Gasteiger partial charge in [-0.2, -0.15) is 0 Å². The van der Waals surface area contributed by atoms with Gasteiger partial charge in [-0.15, -0.1) is 0 Å². The Balaban J connectivity index is 2.66. The Labute approximate surface area is 113 Å². The molecule has 2 unspecified atom stereocenters. The summed E-state index contributed by atoms with van der Waals surface area (Å²) in [5.41, 5.74) is 0.727. The fraction of sp³-hybridized carbons (Fsp3) is 0.571. The maximum atomic E-state index is 13.3. The van der Waals surface area contributed by atoms with Crippen LogP contribution in [0.1, 0.15) is 32.3 Å². The molecule has 2 nitrogen and oxygen atoms in total. The summed E-state index contributed by atoms with van der Waals surface area (Å²) in [6.45, 7) is 4.51. The number of ether oxygens (including phenoxy) is 1. The molecule has 1 rings (SSSR count). The second-order valence-electron chi connectivity index (χ2n) is 4.30. The lowest BCUT2D eigenvalue weighted by Gasteiger charge is -2.22. The standard InChI is InChI=1S/C14H20ClFO2/c1-3-5-14(18-4-2)13(17)9-10-6-7-11(15)12(16)8-10/h6-8,13-14,17H,3-5,9H2,1-2H3. The van der Waals surface area contributed by atoms with Gasteiger partial charge in [0.2, 0.25) is 0 Å². The fourth-order valence-corrected chi connectivity index (χ4v) is 2.04. The maximum Gasteiger partial charge on any atom is 0.142 e. The van der Waals surface area contributed by atoms with Crippen LogP contribution in [0.15, 0.2) is 18.2 Å². The molecule has 0 fully saturated rings. The van der Waals surface area contributed by atoms with Crippen LogP contribution in [0.4, 0.5) is 4.39 Å². The number of halogens is 2. The SMILES string of the molecule is CCCC(OCC)C(O)Cc1ccc(Cl)c(F)c1. The van der Waals surface area contributed by atoms with E-state index in [9.17, 15) is 9.50 Å². The summed E-state index contributed by atoms with van der Waals surface area (Å²) >= 11 is 5.62. The van der Waals surface area contributed by atoms with Gasteiger partial charge < -0.3 is 9.84 Å². The zero-order valence-electron chi connectivity index (χ0n) is 10.8. The highest BCUT2D eigenvalue weighted by molar-refractivity contribution is 6.30. The highest BCUT2D eigenvalue weighted by atomic mass is 35.5. The average molecular weight is 275 g/mol. The van der Waals surface area contributed by atoms with Crippen LogP contribution in [0, 0.1) is 5.82 Å². The third kappa shape index (κ3) is 4.56. The third-order valence-electron chi connectivity index (χ3n) is 2.81. The maximum absolute atomic E-state index is 13.3. The monoisotopic (exact) mass is 274 g/mol. The van der Waals surface area contributed by atoms with E-state index in [0.717, 1.165) is 18.4 Å². The third-order valence-corrected chi connectivity index (χ3v) is 3.12. The molecule has 0 aromatic heterocycles. The molecule has 1 aromatic carbocycles. The molecule has 102 valence electrons. The second-order valence-corrected chi connectivity index (χ2v) is 4.71. The molecule has 1 N–H and O–H groups in total. The van der Waals surface area contributed by atoms with E-state index in [2.05, 4.69) is 0 Å². The molecule has 0 aliphatic carbocycles. The molecule has 18 heavy (non-hydrogen) atoms. The van der Waals surface area contributed by atoms with E-state index in [1.165, 1.54) is 12.1 Å². The summed E-state index contributed by atoms with van der Waals surface area (Å²) < 4.78 is 18.8. The van der Waals surface area contributed by atoms with Gasteiger partial charge in [-0.1, -0.05) is 31.0 Å². The minimum absolute atomic E-state index is 0.100. The van der Waals surface area contributed by atoms with Crippen LogP contribution in [0.5, 0.6) is 0 Å². The van der Waals surface area contributed by atoms with E-state index in [0.29, 0.717) is 13.0 Å². The van der Waals surface area contributed by atoms with Crippen molar-refractivity contribution in [2.75, 3.05) is 6.61 Å². The number of aliphatic hydroxyl groups excluding tert-OH is 1. The normalized spacial score (nSPS) is 14.5. The molecule has 0 aliphatic heterocycles. The van der Waals surface area contributed by atoms with E-state index in [1.54, 1.807) is 6.07 Å². The van der Waals surface area contributed by atoms with E-state index in [-0.39, 0.29) is 11.1 Å². The Hall–Kier alpha value is -0.640. The Morgan fingerprint density at radius 3 is 2.67 bits per heavy atom. The van der Waals surface area contributed by atoms with Crippen molar-refractivity contribution in [3.63, 3.8) is 0 Å². The Kier molecular flexibility index (Phi) is 6.61. The summed E-state index contributed by atoms with van der Waals surface area (Å²) in [4.78, 5) is 0. The van der Waals surface area contributed by atoms with Gasteiger partial charge in [0, 0.05) is 13.0 Å². The lowest BCUT2D eigenvalue weighted by molar-refractivity contribution is -0.0363. The van der Waals surface area contributed by atoms with Crippen LogP contribution in [-0.4, -0.2) is 23.9 Å². The molecule has 0 aliphatic rings. The van der Waals surface area contributed by atoms with E-state index in [4.69, 9.17) is 16.3 Å². The molecule has 0 bridgehead atoms. The minimum atomic E-state index is -0.620. The van der Waals surface area contributed by atoms with Crippen LogP contribution < -0.4 is 0 Å². The van der Waals surface area contributed by atoms with Gasteiger partial charge in [0.25, 0.3) is 0 Å². The van der Waals surface area contributed by atoms with Crippen LogP contribution in [0.25, 0.3) is 0 Å². The van der Waals surface area contributed by atoms with Crippen molar-refractivity contribution < 1.29 is 14.2 Å². The molecule has 0 spiro atoms. The van der Waals surface area contributed by atoms with Gasteiger partial charge in [-0.05, 0) is 31.0 Å². The van der Waals surface area contributed by atoms with Crippen molar-refractivity contribution in [3.05, 3.63) is 34.6 Å². The number of hydrogen-bond acceptors (Lipinski definition) is 2. The van der Waals surface area contributed by atoms with Crippen molar-refractivity contribution >= 4 is 11.6 Å². The molecule has 1 aromatic rings. The number of hydrogen-bond donors (Lipinski definition) is 1. The summed E-state index contributed by atoms with van der Waals surface area (Å²) in [6.07, 6.45) is 1.30. The summed E-state index contributed by atoms with van der Waals surface area (Å²) in [6, 6.07) is 4.60. The predicted octanol–water partition coefficient (Wildman–Crippen LogP) is 3.59. The summed E-state index contributed by atoms with van der Waals surface area (Å²) in [7, 11) is 0. The molecular weight excluding hydrogens is 255 g/mol. The predicted molar refractivity (Wildman–Crippen MR) is 71.4 cm³/mol. The molecule has 0 saturated heterocycles. The minimum Gasteiger partial charge on any atom is -0.390 e. The summed E-state index contributed by atoms with van der Waals surface area (Å²) in [5, 5.41) is 10.2. The quantitative estimate of drug-likeness (QED) is 0.823. The number of aliphatic hydroxyl groups is 1. The first kappa shape index (κ1) is 15.4. The number of rotatable bonds is 7. The highest BCUT2D eigenvalue weighted by Crippen LogP contribution is 2.18. The van der Waals surface area contributed by atoms with Crippen molar-refractivity contribution in [1.82, 2.24) is 0 Å². The summed E-state index contributed by atoms with van der Waals surface area (Å²) in [5.74, 6) is -0.454. The van der Waals surface area contributed by atoms with Gasteiger partial charge in [0.1, 0.15) is 5.82 Å². The zero-order valence-corrected chi connectivity index (χ0v) is 11.6. The van der Waals surface area contributed by atoms with Crippen molar-refractivity contribution in [2.45, 2.75) is 45.3 Å². The van der Waals surface area contributed by atoms with E-state index in [1.807, 2.05) is 13.8 Å². The van der Waals surface area contributed by atoms with E-state index >= 15 is 0 Å². The first-order valence-electron chi connectivity index (χ1n) is 6.32. The molecule has 2 atom stereocenters.